The highest BCUT2D eigenvalue weighted by atomic mass is 35.5. The Morgan fingerprint density at radius 3 is 2.64 bits per heavy atom. The largest absolute Gasteiger partial charge is 0.377 e. The Morgan fingerprint density at radius 1 is 1.41 bits per heavy atom. The molecule has 1 unspecified atom stereocenters. The van der Waals surface area contributed by atoms with Crippen molar-refractivity contribution in [2.24, 2.45) is 5.92 Å². The third kappa shape index (κ3) is 9.85. The maximum atomic E-state index is 12.2. The zero-order valence-electron chi connectivity index (χ0n) is 14.3. The van der Waals surface area contributed by atoms with Gasteiger partial charge in [-0.1, -0.05) is 0 Å². The fourth-order valence-electron chi connectivity index (χ4n) is 2.61. The van der Waals surface area contributed by atoms with E-state index in [-0.39, 0.29) is 42.7 Å². The summed E-state index contributed by atoms with van der Waals surface area (Å²) in [4.78, 5) is 14.3. The van der Waals surface area contributed by atoms with E-state index in [4.69, 9.17) is 4.74 Å². The van der Waals surface area contributed by atoms with Gasteiger partial charge in [0.25, 0.3) is 0 Å². The van der Waals surface area contributed by atoms with Gasteiger partial charge in [0.2, 0.25) is 5.91 Å². The van der Waals surface area contributed by atoms with Crippen molar-refractivity contribution in [3.8, 4) is 0 Å². The highest BCUT2D eigenvalue weighted by molar-refractivity contribution is 5.85. The van der Waals surface area contributed by atoms with Gasteiger partial charge in [0, 0.05) is 31.7 Å². The van der Waals surface area contributed by atoms with Gasteiger partial charge in [-0.05, 0) is 53.8 Å². The summed E-state index contributed by atoms with van der Waals surface area (Å²) in [5.41, 5.74) is 0. The predicted octanol–water partition coefficient (Wildman–Crippen LogP) is 1.69. The SMILES string of the molecule is CCOC(CCN(C)C)CNC(=O)[C@H]1CCN[C@@H](C)C1.Cl.Cl. The number of hydrogen-bond donors (Lipinski definition) is 2. The molecule has 22 heavy (non-hydrogen) atoms. The van der Waals surface area contributed by atoms with Crippen molar-refractivity contribution in [3.63, 3.8) is 0 Å². The molecule has 1 amide bonds. The summed E-state index contributed by atoms with van der Waals surface area (Å²) in [6, 6.07) is 0.441. The maximum Gasteiger partial charge on any atom is 0.223 e. The standard InChI is InChI=1S/C15H31N3O2.2ClH/c1-5-20-14(7-9-18(3)4)11-17-15(19)13-6-8-16-12(2)10-13;;/h12-14,16H,5-11H2,1-4H3,(H,17,19);2*1H/t12-,13-,14?;;/m0../s1. The van der Waals surface area contributed by atoms with Crippen molar-refractivity contribution in [1.29, 1.82) is 0 Å². The molecule has 0 spiro atoms. The monoisotopic (exact) mass is 357 g/mol. The molecule has 0 saturated carbocycles. The molecule has 1 fully saturated rings. The number of rotatable bonds is 8. The number of carbonyl (C=O) groups is 1. The first-order valence-corrected chi connectivity index (χ1v) is 7.80. The van der Waals surface area contributed by atoms with Gasteiger partial charge < -0.3 is 20.3 Å². The molecule has 134 valence electrons. The van der Waals surface area contributed by atoms with Crippen molar-refractivity contribution in [3.05, 3.63) is 0 Å². The van der Waals surface area contributed by atoms with Gasteiger partial charge in [-0.2, -0.15) is 0 Å². The highest BCUT2D eigenvalue weighted by Gasteiger charge is 2.25. The van der Waals surface area contributed by atoms with Crippen molar-refractivity contribution in [2.45, 2.75) is 45.3 Å². The summed E-state index contributed by atoms with van der Waals surface area (Å²) < 4.78 is 5.70. The van der Waals surface area contributed by atoms with E-state index in [2.05, 4.69) is 36.6 Å². The van der Waals surface area contributed by atoms with Crippen molar-refractivity contribution in [2.75, 3.05) is 40.3 Å². The second-order valence-corrected chi connectivity index (χ2v) is 5.99. The minimum Gasteiger partial charge on any atom is -0.377 e. The Labute approximate surface area is 147 Å². The summed E-state index contributed by atoms with van der Waals surface area (Å²) in [6.45, 7) is 7.37. The number of amides is 1. The number of hydrogen-bond acceptors (Lipinski definition) is 4. The molecule has 0 bridgehead atoms. The molecule has 1 heterocycles. The second-order valence-electron chi connectivity index (χ2n) is 5.99. The quantitative estimate of drug-likeness (QED) is 0.693. The lowest BCUT2D eigenvalue weighted by atomic mass is 9.92. The van der Waals surface area contributed by atoms with Crippen molar-refractivity contribution < 1.29 is 9.53 Å². The van der Waals surface area contributed by atoms with Gasteiger partial charge in [0.05, 0.1) is 6.10 Å². The summed E-state index contributed by atoms with van der Waals surface area (Å²) in [5, 5.41) is 6.45. The van der Waals surface area contributed by atoms with Crippen LogP contribution in [0.25, 0.3) is 0 Å². The van der Waals surface area contributed by atoms with Gasteiger partial charge in [0.15, 0.2) is 0 Å². The fourth-order valence-corrected chi connectivity index (χ4v) is 2.61. The molecular weight excluding hydrogens is 325 g/mol. The maximum absolute atomic E-state index is 12.2. The fraction of sp³-hybridized carbons (Fsp3) is 0.933. The lowest BCUT2D eigenvalue weighted by Crippen LogP contribution is -2.44. The van der Waals surface area contributed by atoms with Crippen LogP contribution in [0.5, 0.6) is 0 Å². The van der Waals surface area contributed by atoms with E-state index in [9.17, 15) is 4.79 Å². The topological polar surface area (TPSA) is 53.6 Å². The Kier molecular flexibility index (Phi) is 14.7. The Hall–Kier alpha value is -0.0700. The molecule has 1 rings (SSSR count). The van der Waals surface area contributed by atoms with Crippen molar-refractivity contribution >= 4 is 30.7 Å². The molecule has 0 aromatic carbocycles. The molecule has 3 atom stereocenters. The van der Waals surface area contributed by atoms with Crippen LogP contribution in [0.1, 0.15) is 33.1 Å². The summed E-state index contributed by atoms with van der Waals surface area (Å²) in [6.07, 6.45) is 2.94. The van der Waals surface area contributed by atoms with Crippen LogP contribution in [0, 0.1) is 5.92 Å². The molecule has 0 aliphatic carbocycles. The third-order valence-corrected chi connectivity index (χ3v) is 3.80. The molecule has 1 aliphatic rings. The normalized spacial score (nSPS) is 22.4. The van der Waals surface area contributed by atoms with Crippen LogP contribution in [0.3, 0.4) is 0 Å². The van der Waals surface area contributed by atoms with Crippen LogP contribution in [-0.2, 0) is 9.53 Å². The Morgan fingerprint density at radius 2 is 2.09 bits per heavy atom. The molecule has 2 N–H and O–H groups in total. The first kappa shape index (κ1) is 24.2. The minimum atomic E-state index is 0. The molecule has 0 aromatic heterocycles. The molecule has 1 saturated heterocycles. The number of halogens is 2. The number of ether oxygens (including phenoxy) is 1. The summed E-state index contributed by atoms with van der Waals surface area (Å²) in [7, 11) is 4.11. The Bertz CT molecular complexity index is 294. The first-order chi connectivity index (χ1) is 9.52. The minimum absolute atomic E-state index is 0. The zero-order chi connectivity index (χ0) is 15.0. The van der Waals surface area contributed by atoms with Crippen LogP contribution in [0.4, 0.5) is 0 Å². The number of piperidine rings is 1. The lowest BCUT2D eigenvalue weighted by Gasteiger charge is -2.28. The molecule has 0 aromatic rings. The molecule has 5 nitrogen and oxygen atoms in total. The van der Waals surface area contributed by atoms with Gasteiger partial charge in [0.1, 0.15) is 0 Å². The van der Waals surface area contributed by atoms with E-state index >= 15 is 0 Å². The van der Waals surface area contributed by atoms with E-state index in [1.807, 2.05) is 6.92 Å². The van der Waals surface area contributed by atoms with E-state index in [1.54, 1.807) is 0 Å². The number of nitrogens with zero attached hydrogens (tertiary/aromatic N) is 1. The van der Waals surface area contributed by atoms with Gasteiger partial charge in [-0.25, -0.2) is 0 Å². The smallest absolute Gasteiger partial charge is 0.223 e. The average Bonchev–Trinajstić information content (AvgIpc) is 2.41. The van der Waals surface area contributed by atoms with Gasteiger partial charge >= 0.3 is 0 Å². The number of nitrogens with one attached hydrogen (secondary N) is 2. The lowest BCUT2D eigenvalue weighted by molar-refractivity contribution is -0.126. The summed E-state index contributed by atoms with van der Waals surface area (Å²) >= 11 is 0. The molecule has 1 aliphatic heterocycles. The third-order valence-electron chi connectivity index (χ3n) is 3.80. The summed E-state index contributed by atoms with van der Waals surface area (Å²) in [5.74, 6) is 0.343. The average molecular weight is 358 g/mol. The van der Waals surface area contributed by atoms with E-state index in [0.717, 1.165) is 32.4 Å². The van der Waals surface area contributed by atoms with Crippen LogP contribution >= 0.6 is 24.8 Å². The van der Waals surface area contributed by atoms with Crippen LogP contribution in [-0.4, -0.2) is 63.3 Å². The molecule has 7 heteroatoms. The Balaban J connectivity index is 0. The molecule has 0 radical (unpaired) electrons. The van der Waals surface area contributed by atoms with Gasteiger partial charge in [-0.15, -0.1) is 24.8 Å². The van der Waals surface area contributed by atoms with Crippen LogP contribution in [0.15, 0.2) is 0 Å². The first-order valence-electron chi connectivity index (χ1n) is 7.80. The second kappa shape index (κ2) is 13.4. The van der Waals surface area contributed by atoms with E-state index < -0.39 is 0 Å². The van der Waals surface area contributed by atoms with Crippen LogP contribution < -0.4 is 10.6 Å². The molecular formula is C15H33Cl2N3O2. The van der Waals surface area contributed by atoms with Gasteiger partial charge in [-0.3, -0.25) is 4.79 Å². The zero-order valence-corrected chi connectivity index (χ0v) is 15.9. The van der Waals surface area contributed by atoms with E-state index in [1.165, 1.54) is 0 Å². The number of carbonyl (C=O) groups excluding carboxylic acids is 1. The highest BCUT2D eigenvalue weighted by Crippen LogP contribution is 2.16. The van der Waals surface area contributed by atoms with E-state index in [0.29, 0.717) is 19.2 Å². The van der Waals surface area contributed by atoms with Crippen LogP contribution in [0.2, 0.25) is 0 Å². The predicted molar refractivity (Wildman–Crippen MR) is 96.3 cm³/mol. The van der Waals surface area contributed by atoms with Crippen molar-refractivity contribution in [1.82, 2.24) is 15.5 Å².